The van der Waals surface area contributed by atoms with E-state index >= 15 is 0 Å². The zero-order chi connectivity index (χ0) is 25.5. The molecule has 0 N–H and O–H groups in total. The third-order valence-electron chi connectivity index (χ3n) is 6.39. The molecule has 1 radical (unpaired) electrons. The van der Waals surface area contributed by atoms with E-state index in [1.807, 2.05) is 98.7 Å². The van der Waals surface area contributed by atoms with Gasteiger partial charge in [-0.2, -0.15) is 0 Å². The van der Waals surface area contributed by atoms with Crippen molar-refractivity contribution in [1.29, 1.82) is 0 Å². The van der Waals surface area contributed by atoms with Crippen molar-refractivity contribution in [1.82, 2.24) is 0 Å². The van der Waals surface area contributed by atoms with Crippen molar-refractivity contribution in [2.75, 3.05) is 0 Å². The van der Waals surface area contributed by atoms with Crippen LogP contribution in [0.3, 0.4) is 0 Å². The third kappa shape index (κ3) is 4.95. The van der Waals surface area contributed by atoms with Crippen LogP contribution < -0.4 is 0 Å². The Kier molecular flexibility index (Phi) is 7.66. The summed E-state index contributed by atoms with van der Waals surface area (Å²) >= 11 is -4.12. The fourth-order valence-corrected chi connectivity index (χ4v) is 12.6. The van der Waals surface area contributed by atoms with Crippen LogP contribution in [-0.4, -0.2) is 31.2 Å². The van der Waals surface area contributed by atoms with E-state index in [4.69, 9.17) is 0 Å². The molecular weight excluding hydrogens is 527 g/mol. The first kappa shape index (κ1) is 26.1. The second-order valence-electron chi connectivity index (χ2n) is 9.68. The first-order valence-electron chi connectivity index (χ1n) is 11.6. The van der Waals surface area contributed by atoms with E-state index in [0.29, 0.717) is 16.7 Å². The van der Waals surface area contributed by atoms with Gasteiger partial charge in [0.2, 0.25) is 0 Å². The average molecular weight is 560 g/mol. The van der Waals surface area contributed by atoms with Gasteiger partial charge in [0.1, 0.15) is 0 Å². The normalized spacial score (nSPS) is 11.1. The topological polar surface area (TPSA) is 51.2 Å². The molecule has 0 aliphatic rings. The van der Waals surface area contributed by atoms with Gasteiger partial charge in [-0.1, -0.05) is 0 Å². The van der Waals surface area contributed by atoms with Gasteiger partial charge in [0.05, 0.1) is 0 Å². The Morgan fingerprint density at radius 3 is 0.765 bits per heavy atom. The molecule has 0 atom stereocenters. The standard InChI is InChI=1S/3C10H11O.Sn/c3*1-7-4-8(2)10(6-11)9(3)5-7;/h3*4-5H,1-3H3;. The molecule has 0 saturated heterocycles. The van der Waals surface area contributed by atoms with Crippen LogP contribution in [-0.2, 0) is 0 Å². The van der Waals surface area contributed by atoms with Gasteiger partial charge in [-0.25, -0.2) is 0 Å². The first-order valence-corrected chi connectivity index (χ1v) is 15.9. The van der Waals surface area contributed by atoms with Crippen LogP contribution in [0.1, 0.15) is 81.1 Å². The first-order chi connectivity index (χ1) is 15.8. The molecule has 0 heterocycles. The predicted molar refractivity (Wildman–Crippen MR) is 141 cm³/mol. The van der Waals surface area contributed by atoms with Gasteiger partial charge in [0, 0.05) is 0 Å². The van der Waals surface area contributed by atoms with Crippen molar-refractivity contribution in [3.8, 4) is 0 Å². The molecule has 3 nitrogen and oxygen atoms in total. The average Bonchev–Trinajstić information content (AvgIpc) is 2.65. The molecule has 3 aromatic rings. The van der Waals surface area contributed by atoms with Gasteiger partial charge in [-0.15, -0.1) is 0 Å². The van der Waals surface area contributed by atoms with Gasteiger partial charge in [0.15, 0.2) is 0 Å². The van der Waals surface area contributed by atoms with E-state index in [1.165, 1.54) is 0 Å². The Morgan fingerprint density at radius 2 is 0.588 bits per heavy atom. The molecule has 0 aliphatic heterocycles. The summed E-state index contributed by atoms with van der Waals surface area (Å²) in [4.78, 5) is 42.5. The molecule has 34 heavy (non-hydrogen) atoms. The number of benzene rings is 3. The Hall–Kier alpha value is -2.53. The van der Waals surface area contributed by atoms with Crippen LogP contribution in [0.2, 0.25) is 0 Å². The van der Waals surface area contributed by atoms with Crippen LogP contribution in [0.15, 0.2) is 36.4 Å². The quantitative estimate of drug-likeness (QED) is 0.323. The van der Waals surface area contributed by atoms with Gasteiger partial charge < -0.3 is 0 Å². The molecule has 0 aromatic heterocycles. The van der Waals surface area contributed by atoms with E-state index < -0.39 is 19.8 Å². The molecule has 3 rings (SSSR count). The Bertz CT molecular complexity index is 1110. The van der Waals surface area contributed by atoms with Crippen LogP contribution in [0.25, 0.3) is 0 Å². The van der Waals surface area contributed by atoms with Crippen molar-refractivity contribution in [3.63, 3.8) is 0 Å². The summed E-state index contributed by atoms with van der Waals surface area (Å²) in [5.74, 6) is 0. The Labute approximate surface area is 210 Å². The van der Waals surface area contributed by atoms with Gasteiger partial charge in [0.25, 0.3) is 0 Å². The summed E-state index contributed by atoms with van der Waals surface area (Å²) in [6.07, 6.45) is 0. The molecule has 0 aliphatic carbocycles. The second-order valence-corrected chi connectivity index (χ2v) is 15.7. The number of carbonyl (C=O) groups is 3. The third-order valence-corrected chi connectivity index (χ3v) is 12.4. The minimum absolute atomic E-state index is 0.230. The molecule has 4 heteroatoms. The maximum absolute atomic E-state index is 14.2. The minimum atomic E-state index is -4.12. The van der Waals surface area contributed by atoms with E-state index in [9.17, 15) is 14.4 Å². The van der Waals surface area contributed by atoms with Crippen molar-refractivity contribution < 1.29 is 14.4 Å². The van der Waals surface area contributed by atoms with Crippen molar-refractivity contribution in [2.24, 2.45) is 0 Å². The van der Waals surface area contributed by atoms with E-state index in [1.54, 1.807) is 0 Å². The Morgan fingerprint density at radius 1 is 0.412 bits per heavy atom. The van der Waals surface area contributed by atoms with E-state index in [0.717, 1.165) is 50.1 Å². The monoisotopic (exact) mass is 561 g/mol. The summed E-state index contributed by atoms with van der Waals surface area (Å²) in [5.41, 5.74) is 9.80. The van der Waals surface area contributed by atoms with E-state index in [2.05, 4.69) is 0 Å². The molecule has 0 amide bonds. The molecular formula is C30H33O3Sn. The van der Waals surface area contributed by atoms with Gasteiger partial charge in [-0.05, 0) is 0 Å². The van der Waals surface area contributed by atoms with Crippen LogP contribution in [0.5, 0.6) is 0 Å². The molecule has 3 aromatic carbocycles. The fraction of sp³-hybridized carbons (Fsp3) is 0.300. The van der Waals surface area contributed by atoms with Crippen molar-refractivity contribution in [2.45, 2.75) is 62.3 Å². The zero-order valence-corrected chi connectivity index (χ0v) is 24.5. The van der Waals surface area contributed by atoms with Crippen molar-refractivity contribution in [3.05, 3.63) is 103 Å². The summed E-state index contributed by atoms with van der Waals surface area (Å²) in [7, 11) is 0. The number of hydrogen-bond acceptors (Lipinski definition) is 3. The molecule has 175 valence electrons. The summed E-state index contributed by atoms with van der Waals surface area (Å²) in [6.45, 7) is 17.3. The fourth-order valence-electron chi connectivity index (χ4n) is 5.30. The van der Waals surface area contributed by atoms with Gasteiger partial charge in [-0.3, -0.25) is 0 Å². The summed E-state index contributed by atoms with van der Waals surface area (Å²) in [6, 6.07) is 11.8. The number of hydrogen-bond donors (Lipinski definition) is 0. The number of rotatable bonds is 6. The molecule has 0 saturated carbocycles. The summed E-state index contributed by atoms with van der Waals surface area (Å²) in [5, 5.41) is 0. The SMILES string of the molecule is Cc1cc(C)c([C](=O)[Sn]([C](=O)c2c(C)cc(C)cc2C)[C](=O)c2c(C)cc(C)cc2C)c(C)c1. The maximum atomic E-state index is 14.2. The van der Waals surface area contributed by atoms with Crippen LogP contribution >= 0.6 is 0 Å². The van der Waals surface area contributed by atoms with Crippen LogP contribution in [0.4, 0.5) is 0 Å². The Balaban J connectivity index is 2.28. The van der Waals surface area contributed by atoms with Crippen molar-refractivity contribution >= 4 is 31.2 Å². The van der Waals surface area contributed by atoms with E-state index in [-0.39, 0.29) is 11.4 Å². The molecule has 0 unspecified atom stereocenters. The second kappa shape index (κ2) is 9.99. The predicted octanol–water partition coefficient (Wildman–Crippen LogP) is 6.52. The van der Waals surface area contributed by atoms with Gasteiger partial charge >= 0.3 is 211 Å². The number of aryl methyl sites for hydroxylation is 9. The number of carbonyl (C=O) groups excluding carboxylic acids is 3. The van der Waals surface area contributed by atoms with Crippen LogP contribution in [0, 0.1) is 62.3 Å². The summed E-state index contributed by atoms with van der Waals surface area (Å²) < 4.78 is -0.691. The zero-order valence-electron chi connectivity index (χ0n) is 21.7. The molecule has 0 spiro atoms. The molecule has 0 bridgehead atoms. The molecule has 0 fully saturated rings.